The van der Waals surface area contributed by atoms with Gasteiger partial charge in [-0.25, -0.2) is 9.97 Å². The van der Waals surface area contributed by atoms with Gasteiger partial charge in [0.05, 0.1) is 18.9 Å². The van der Waals surface area contributed by atoms with Gasteiger partial charge in [0.2, 0.25) is 0 Å². The molecule has 0 aliphatic carbocycles. The van der Waals surface area contributed by atoms with Gasteiger partial charge in [-0.3, -0.25) is 4.98 Å². The van der Waals surface area contributed by atoms with E-state index in [0.717, 1.165) is 61.1 Å². The zero-order valence-corrected chi connectivity index (χ0v) is 17.0. The van der Waals surface area contributed by atoms with Crippen molar-refractivity contribution in [3.8, 4) is 11.3 Å². The number of aryl methyl sites for hydroxylation is 1. The van der Waals surface area contributed by atoms with Crippen LogP contribution in [0.1, 0.15) is 12.5 Å². The maximum atomic E-state index is 5.44. The average molecular weight is 400 g/mol. The Hall–Kier alpha value is -3.45. The Kier molecular flexibility index (Phi) is 5.03. The van der Waals surface area contributed by atoms with Gasteiger partial charge in [0, 0.05) is 61.0 Å². The van der Waals surface area contributed by atoms with Crippen LogP contribution in [0.2, 0.25) is 0 Å². The van der Waals surface area contributed by atoms with Gasteiger partial charge in [0.15, 0.2) is 11.5 Å². The van der Waals surface area contributed by atoms with Crippen molar-refractivity contribution in [3.63, 3.8) is 0 Å². The fraction of sp³-hybridized carbons (Fsp3) is 0.261. The van der Waals surface area contributed by atoms with Gasteiger partial charge in [0.25, 0.3) is 0 Å². The number of hydrogen-bond acceptors (Lipinski definition) is 6. The third kappa shape index (κ3) is 3.71. The van der Waals surface area contributed by atoms with Crippen LogP contribution in [0.5, 0.6) is 0 Å². The highest BCUT2D eigenvalue weighted by atomic mass is 16.5. The molecule has 0 saturated carbocycles. The normalized spacial score (nSPS) is 14.2. The first-order valence-electron chi connectivity index (χ1n) is 10.3. The van der Waals surface area contributed by atoms with E-state index in [1.165, 1.54) is 11.3 Å². The molecule has 1 aromatic carbocycles. The minimum absolute atomic E-state index is 0.721. The molecule has 4 aromatic rings. The van der Waals surface area contributed by atoms with E-state index in [9.17, 15) is 0 Å². The number of nitrogens with zero attached hydrogens (tertiary/aromatic N) is 5. The summed E-state index contributed by atoms with van der Waals surface area (Å²) in [4.78, 5) is 16.0. The maximum absolute atomic E-state index is 5.44. The molecule has 0 spiro atoms. The lowest BCUT2D eigenvalue weighted by atomic mass is 10.1. The number of benzene rings is 1. The number of anilines is 3. The predicted octanol–water partition coefficient (Wildman–Crippen LogP) is 3.93. The Morgan fingerprint density at radius 3 is 2.73 bits per heavy atom. The molecule has 0 atom stereocenters. The van der Waals surface area contributed by atoms with Crippen LogP contribution in [0.25, 0.3) is 16.9 Å². The number of imidazole rings is 1. The van der Waals surface area contributed by atoms with Crippen molar-refractivity contribution in [2.24, 2.45) is 0 Å². The van der Waals surface area contributed by atoms with Crippen molar-refractivity contribution in [1.82, 2.24) is 19.4 Å². The highest BCUT2D eigenvalue weighted by Crippen LogP contribution is 2.26. The first-order chi connectivity index (χ1) is 14.8. The molecule has 1 saturated heterocycles. The molecule has 1 aliphatic rings. The highest BCUT2D eigenvalue weighted by Gasteiger charge is 2.13. The third-order valence-corrected chi connectivity index (χ3v) is 5.38. The van der Waals surface area contributed by atoms with Gasteiger partial charge < -0.3 is 19.4 Å². The number of aromatic nitrogens is 4. The van der Waals surface area contributed by atoms with E-state index >= 15 is 0 Å². The summed E-state index contributed by atoms with van der Waals surface area (Å²) in [5, 5.41) is 3.44. The Morgan fingerprint density at radius 1 is 1.10 bits per heavy atom. The molecule has 0 radical (unpaired) electrons. The van der Waals surface area contributed by atoms with E-state index in [0.29, 0.717) is 0 Å². The zero-order valence-electron chi connectivity index (χ0n) is 17.0. The summed E-state index contributed by atoms with van der Waals surface area (Å²) in [5.74, 6) is 0.721. The second-order valence-corrected chi connectivity index (χ2v) is 7.34. The Labute approximate surface area is 175 Å². The van der Waals surface area contributed by atoms with Crippen LogP contribution in [-0.4, -0.2) is 45.7 Å². The van der Waals surface area contributed by atoms with Crippen LogP contribution in [0.3, 0.4) is 0 Å². The summed E-state index contributed by atoms with van der Waals surface area (Å²) >= 11 is 0. The molecule has 7 heteroatoms. The molecule has 1 aliphatic heterocycles. The molecular formula is C23H24N6O. The van der Waals surface area contributed by atoms with Gasteiger partial charge >= 0.3 is 0 Å². The Balaban J connectivity index is 1.45. The van der Waals surface area contributed by atoms with Crippen molar-refractivity contribution in [2.45, 2.75) is 13.3 Å². The highest BCUT2D eigenvalue weighted by molar-refractivity contribution is 5.74. The lowest BCUT2D eigenvalue weighted by molar-refractivity contribution is 0.122. The van der Waals surface area contributed by atoms with Crippen molar-refractivity contribution in [2.75, 3.05) is 36.5 Å². The van der Waals surface area contributed by atoms with E-state index in [4.69, 9.17) is 9.72 Å². The van der Waals surface area contributed by atoms with Gasteiger partial charge in [0.1, 0.15) is 0 Å². The summed E-state index contributed by atoms with van der Waals surface area (Å²) in [6, 6.07) is 10.6. The minimum atomic E-state index is 0.721. The standard InChI is InChI=1S/C23H24N6O/c1-2-17-13-18(15-24-14-17)21-16-29-8-7-25-23(29)22(27-21)26-19-3-5-20(6-4-19)28-9-11-30-12-10-28/h3-8,13-16H,2,9-12H2,1H3,(H,26,27). The number of pyridine rings is 1. The van der Waals surface area contributed by atoms with E-state index in [1.54, 1.807) is 6.20 Å². The number of fused-ring (bicyclic) bond motifs is 1. The molecule has 152 valence electrons. The van der Waals surface area contributed by atoms with Crippen LogP contribution in [0, 0.1) is 0 Å². The Morgan fingerprint density at radius 2 is 1.93 bits per heavy atom. The number of morpholine rings is 1. The van der Waals surface area contributed by atoms with Crippen molar-refractivity contribution < 1.29 is 4.74 Å². The zero-order chi connectivity index (χ0) is 20.3. The molecule has 7 nitrogen and oxygen atoms in total. The van der Waals surface area contributed by atoms with Gasteiger partial charge in [-0.05, 0) is 42.3 Å². The minimum Gasteiger partial charge on any atom is -0.378 e. The first kappa shape index (κ1) is 18.6. The molecule has 3 aromatic heterocycles. The van der Waals surface area contributed by atoms with Crippen molar-refractivity contribution >= 4 is 22.8 Å². The largest absolute Gasteiger partial charge is 0.378 e. The number of ether oxygens (including phenoxy) is 1. The van der Waals surface area contributed by atoms with Crippen molar-refractivity contribution in [3.05, 3.63) is 66.9 Å². The fourth-order valence-electron chi connectivity index (χ4n) is 3.69. The van der Waals surface area contributed by atoms with E-state index < -0.39 is 0 Å². The second kappa shape index (κ2) is 8.12. The van der Waals surface area contributed by atoms with Crippen LogP contribution in [0.15, 0.2) is 61.3 Å². The number of rotatable bonds is 5. The van der Waals surface area contributed by atoms with Crippen LogP contribution in [-0.2, 0) is 11.2 Å². The summed E-state index contributed by atoms with van der Waals surface area (Å²) in [5.41, 5.74) is 6.01. The van der Waals surface area contributed by atoms with Gasteiger partial charge in [-0.15, -0.1) is 0 Å². The quantitative estimate of drug-likeness (QED) is 0.547. The lowest BCUT2D eigenvalue weighted by Gasteiger charge is -2.28. The molecule has 4 heterocycles. The molecule has 1 fully saturated rings. The van der Waals surface area contributed by atoms with Gasteiger partial charge in [-0.2, -0.15) is 0 Å². The molecule has 0 unspecified atom stereocenters. The second-order valence-electron chi connectivity index (χ2n) is 7.34. The lowest BCUT2D eigenvalue weighted by Crippen LogP contribution is -2.36. The molecular weight excluding hydrogens is 376 g/mol. The maximum Gasteiger partial charge on any atom is 0.180 e. The first-order valence-corrected chi connectivity index (χ1v) is 10.3. The van der Waals surface area contributed by atoms with Gasteiger partial charge in [-0.1, -0.05) is 6.92 Å². The van der Waals surface area contributed by atoms with Crippen LogP contribution in [0.4, 0.5) is 17.2 Å². The monoisotopic (exact) mass is 400 g/mol. The summed E-state index contributed by atoms with van der Waals surface area (Å²) in [7, 11) is 0. The topological polar surface area (TPSA) is 67.6 Å². The van der Waals surface area contributed by atoms with E-state index in [1.807, 2.05) is 29.2 Å². The molecule has 0 bridgehead atoms. The molecule has 0 amide bonds. The SMILES string of the molecule is CCc1cncc(-c2cn3ccnc3c(Nc3ccc(N4CCOCC4)cc3)n2)c1. The number of nitrogens with one attached hydrogen (secondary N) is 1. The van der Waals surface area contributed by atoms with Crippen LogP contribution < -0.4 is 10.2 Å². The summed E-state index contributed by atoms with van der Waals surface area (Å²) in [6.07, 6.45) is 10.4. The summed E-state index contributed by atoms with van der Waals surface area (Å²) < 4.78 is 7.43. The molecule has 30 heavy (non-hydrogen) atoms. The van der Waals surface area contributed by atoms with E-state index in [-0.39, 0.29) is 0 Å². The van der Waals surface area contributed by atoms with Crippen molar-refractivity contribution in [1.29, 1.82) is 0 Å². The van der Waals surface area contributed by atoms with Crippen LogP contribution >= 0.6 is 0 Å². The Bertz CT molecular complexity index is 1150. The molecule has 5 rings (SSSR count). The third-order valence-electron chi connectivity index (χ3n) is 5.38. The number of hydrogen-bond donors (Lipinski definition) is 1. The summed E-state index contributed by atoms with van der Waals surface area (Å²) in [6.45, 7) is 5.54. The predicted molar refractivity (Wildman–Crippen MR) is 118 cm³/mol. The average Bonchev–Trinajstić information content (AvgIpc) is 3.29. The fourth-order valence-corrected chi connectivity index (χ4v) is 3.69. The van der Waals surface area contributed by atoms with E-state index in [2.05, 4.69) is 57.4 Å². The molecule has 1 N–H and O–H groups in total. The smallest absolute Gasteiger partial charge is 0.180 e.